The first kappa shape index (κ1) is 16.6. The standard InChI is InChI=1S/C15H26O3/c1-12(2)7-16-10-15(18-9-14(5)6)11-17-8-13(3)4/h7-9,15H,10-11H2,1-6H3. The van der Waals surface area contributed by atoms with Crippen molar-refractivity contribution >= 4 is 0 Å². The number of ether oxygens (including phenoxy) is 3. The summed E-state index contributed by atoms with van der Waals surface area (Å²) in [5, 5.41) is 0. The maximum atomic E-state index is 5.60. The van der Waals surface area contributed by atoms with Crippen LogP contribution in [0, 0.1) is 0 Å². The van der Waals surface area contributed by atoms with E-state index in [0.717, 1.165) is 16.7 Å². The van der Waals surface area contributed by atoms with Gasteiger partial charge in [0.25, 0.3) is 0 Å². The van der Waals surface area contributed by atoms with Crippen LogP contribution < -0.4 is 0 Å². The molecule has 0 fully saturated rings. The van der Waals surface area contributed by atoms with E-state index in [2.05, 4.69) is 0 Å². The summed E-state index contributed by atoms with van der Waals surface area (Å²) in [7, 11) is 0. The first-order valence-corrected chi connectivity index (χ1v) is 6.20. The van der Waals surface area contributed by atoms with Crippen molar-refractivity contribution in [2.24, 2.45) is 0 Å². The van der Waals surface area contributed by atoms with E-state index in [1.54, 1.807) is 18.8 Å². The third-order valence-corrected chi connectivity index (χ3v) is 1.70. The van der Waals surface area contributed by atoms with Crippen LogP contribution in [0.5, 0.6) is 0 Å². The minimum atomic E-state index is -0.105. The summed E-state index contributed by atoms with van der Waals surface area (Å²) < 4.78 is 16.5. The Labute approximate surface area is 111 Å². The van der Waals surface area contributed by atoms with Gasteiger partial charge in [-0.05, 0) is 58.3 Å². The van der Waals surface area contributed by atoms with Gasteiger partial charge in [0.1, 0.15) is 13.2 Å². The Bertz CT molecular complexity index is 280. The molecule has 3 nitrogen and oxygen atoms in total. The van der Waals surface area contributed by atoms with Crippen molar-refractivity contribution in [2.75, 3.05) is 13.2 Å². The van der Waals surface area contributed by atoms with Crippen molar-refractivity contribution in [1.82, 2.24) is 0 Å². The van der Waals surface area contributed by atoms with Gasteiger partial charge < -0.3 is 14.2 Å². The maximum Gasteiger partial charge on any atom is 0.165 e. The van der Waals surface area contributed by atoms with Gasteiger partial charge in [-0.1, -0.05) is 0 Å². The summed E-state index contributed by atoms with van der Waals surface area (Å²) in [5.41, 5.74) is 3.37. The van der Waals surface area contributed by atoms with E-state index in [9.17, 15) is 0 Å². The fourth-order valence-electron chi connectivity index (χ4n) is 1.00. The molecule has 0 aromatic rings. The zero-order valence-corrected chi connectivity index (χ0v) is 12.4. The second-order valence-electron chi connectivity index (χ2n) is 5.01. The lowest BCUT2D eigenvalue weighted by Gasteiger charge is -2.16. The van der Waals surface area contributed by atoms with Gasteiger partial charge in [-0.2, -0.15) is 0 Å². The summed E-state index contributed by atoms with van der Waals surface area (Å²) in [5.74, 6) is 0. The van der Waals surface area contributed by atoms with Crippen LogP contribution in [0.4, 0.5) is 0 Å². The van der Waals surface area contributed by atoms with Gasteiger partial charge in [0.2, 0.25) is 0 Å². The minimum Gasteiger partial charge on any atom is -0.497 e. The molecular formula is C15H26O3. The van der Waals surface area contributed by atoms with E-state index < -0.39 is 0 Å². The predicted molar refractivity (Wildman–Crippen MR) is 75.1 cm³/mol. The second-order valence-corrected chi connectivity index (χ2v) is 5.01. The molecule has 0 atom stereocenters. The highest BCUT2D eigenvalue weighted by atomic mass is 16.6. The third kappa shape index (κ3) is 11.1. The van der Waals surface area contributed by atoms with E-state index in [1.165, 1.54) is 0 Å². The summed E-state index contributed by atoms with van der Waals surface area (Å²) in [6, 6.07) is 0. The lowest BCUT2D eigenvalue weighted by Crippen LogP contribution is -2.22. The molecule has 3 heteroatoms. The smallest absolute Gasteiger partial charge is 0.165 e. The molecular weight excluding hydrogens is 228 g/mol. The summed E-state index contributed by atoms with van der Waals surface area (Å²) in [6.45, 7) is 12.9. The van der Waals surface area contributed by atoms with Crippen LogP contribution in [-0.2, 0) is 14.2 Å². The van der Waals surface area contributed by atoms with E-state index >= 15 is 0 Å². The zero-order valence-electron chi connectivity index (χ0n) is 12.4. The predicted octanol–water partition coefficient (Wildman–Crippen LogP) is 4.18. The van der Waals surface area contributed by atoms with Crippen molar-refractivity contribution < 1.29 is 14.2 Å². The van der Waals surface area contributed by atoms with E-state index in [0.29, 0.717) is 13.2 Å². The van der Waals surface area contributed by atoms with E-state index in [1.807, 2.05) is 41.5 Å². The van der Waals surface area contributed by atoms with Crippen molar-refractivity contribution in [2.45, 2.75) is 47.6 Å². The topological polar surface area (TPSA) is 27.7 Å². The highest BCUT2D eigenvalue weighted by molar-refractivity contribution is 4.89. The monoisotopic (exact) mass is 254 g/mol. The van der Waals surface area contributed by atoms with Crippen LogP contribution in [0.15, 0.2) is 35.5 Å². The van der Waals surface area contributed by atoms with Gasteiger partial charge in [0, 0.05) is 0 Å². The number of rotatable bonds is 8. The van der Waals surface area contributed by atoms with Gasteiger partial charge in [-0.15, -0.1) is 0 Å². The van der Waals surface area contributed by atoms with Crippen LogP contribution in [0.1, 0.15) is 41.5 Å². The highest BCUT2D eigenvalue weighted by Crippen LogP contribution is 2.02. The molecule has 0 amide bonds. The lowest BCUT2D eigenvalue weighted by atomic mass is 10.3. The van der Waals surface area contributed by atoms with Crippen molar-refractivity contribution in [3.05, 3.63) is 35.5 Å². The Hall–Kier alpha value is -1.38. The fourth-order valence-corrected chi connectivity index (χ4v) is 1.00. The Kier molecular flexibility index (Phi) is 8.89. The highest BCUT2D eigenvalue weighted by Gasteiger charge is 2.08. The Morgan fingerprint density at radius 1 is 0.722 bits per heavy atom. The molecule has 0 saturated carbocycles. The Morgan fingerprint density at radius 3 is 1.44 bits per heavy atom. The molecule has 0 heterocycles. The molecule has 0 aliphatic heterocycles. The normalized spacial score (nSPS) is 9.50. The average molecular weight is 254 g/mol. The van der Waals surface area contributed by atoms with Crippen LogP contribution >= 0.6 is 0 Å². The van der Waals surface area contributed by atoms with Crippen LogP contribution in [0.2, 0.25) is 0 Å². The van der Waals surface area contributed by atoms with Crippen molar-refractivity contribution in [1.29, 1.82) is 0 Å². The molecule has 0 N–H and O–H groups in total. The first-order valence-electron chi connectivity index (χ1n) is 6.20. The molecule has 0 aliphatic rings. The molecule has 0 aromatic heterocycles. The maximum absolute atomic E-state index is 5.60. The summed E-state index contributed by atoms with van der Waals surface area (Å²) in [6.07, 6.45) is 5.10. The fraction of sp³-hybridized carbons (Fsp3) is 0.600. The molecule has 104 valence electrons. The van der Waals surface area contributed by atoms with E-state index in [4.69, 9.17) is 14.2 Å². The molecule has 0 unspecified atom stereocenters. The second kappa shape index (κ2) is 9.63. The Balaban J connectivity index is 4.20. The van der Waals surface area contributed by atoms with Gasteiger partial charge in [-0.25, -0.2) is 0 Å². The molecule has 0 aliphatic carbocycles. The molecule has 0 aromatic carbocycles. The molecule has 0 radical (unpaired) electrons. The molecule has 18 heavy (non-hydrogen) atoms. The van der Waals surface area contributed by atoms with Crippen LogP contribution in [0.25, 0.3) is 0 Å². The third-order valence-electron chi connectivity index (χ3n) is 1.70. The van der Waals surface area contributed by atoms with Gasteiger partial charge in [0.15, 0.2) is 6.10 Å². The molecule has 0 saturated heterocycles. The molecule has 0 spiro atoms. The van der Waals surface area contributed by atoms with Gasteiger partial charge in [-0.3, -0.25) is 0 Å². The Morgan fingerprint density at radius 2 is 1.11 bits per heavy atom. The number of allylic oxidation sites excluding steroid dienone is 3. The summed E-state index contributed by atoms with van der Waals surface area (Å²) >= 11 is 0. The average Bonchev–Trinajstić information content (AvgIpc) is 2.24. The molecule has 0 rings (SSSR count). The first-order chi connectivity index (χ1) is 8.41. The van der Waals surface area contributed by atoms with Crippen LogP contribution in [0.3, 0.4) is 0 Å². The zero-order chi connectivity index (χ0) is 14.0. The number of hydrogen-bond donors (Lipinski definition) is 0. The SMILES string of the molecule is CC(C)=COCC(COC=C(C)C)OC=C(C)C. The molecule has 0 bridgehead atoms. The number of hydrogen-bond acceptors (Lipinski definition) is 3. The van der Waals surface area contributed by atoms with Gasteiger partial charge >= 0.3 is 0 Å². The quantitative estimate of drug-likeness (QED) is 0.608. The van der Waals surface area contributed by atoms with Crippen molar-refractivity contribution in [3.63, 3.8) is 0 Å². The minimum absolute atomic E-state index is 0.105. The van der Waals surface area contributed by atoms with Crippen LogP contribution in [-0.4, -0.2) is 19.3 Å². The van der Waals surface area contributed by atoms with E-state index in [-0.39, 0.29) is 6.10 Å². The van der Waals surface area contributed by atoms with Gasteiger partial charge in [0.05, 0.1) is 18.8 Å². The summed E-state index contributed by atoms with van der Waals surface area (Å²) in [4.78, 5) is 0. The largest absolute Gasteiger partial charge is 0.497 e. The van der Waals surface area contributed by atoms with Crippen molar-refractivity contribution in [3.8, 4) is 0 Å². The lowest BCUT2D eigenvalue weighted by molar-refractivity contribution is 0.0196.